The fourth-order valence-electron chi connectivity index (χ4n) is 3.16. The average molecular weight is 328 g/mol. The van der Waals surface area contributed by atoms with Crippen LogP contribution < -0.4 is 4.74 Å². The van der Waals surface area contributed by atoms with E-state index in [1.165, 1.54) is 10.6 Å². The number of hydrogen-bond acceptors (Lipinski definition) is 5. The van der Waals surface area contributed by atoms with Crippen molar-refractivity contribution < 1.29 is 4.74 Å². The van der Waals surface area contributed by atoms with Crippen LogP contribution in [-0.2, 0) is 6.54 Å². The van der Waals surface area contributed by atoms with E-state index in [0.717, 1.165) is 42.5 Å². The van der Waals surface area contributed by atoms with Gasteiger partial charge in [0.1, 0.15) is 11.9 Å². The Kier molecular flexibility index (Phi) is 3.79. The maximum atomic E-state index is 6.04. The summed E-state index contributed by atoms with van der Waals surface area (Å²) in [7, 11) is 0. The van der Waals surface area contributed by atoms with Gasteiger partial charge in [0, 0.05) is 43.1 Å². The van der Waals surface area contributed by atoms with Gasteiger partial charge in [0.05, 0.1) is 11.4 Å². The molecule has 0 spiro atoms. The molecule has 4 heterocycles. The Morgan fingerprint density at radius 1 is 1.30 bits per heavy atom. The summed E-state index contributed by atoms with van der Waals surface area (Å²) in [5, 5.41) is 0. The van der Waals surface area contributed by atoms with Crippen LogP contribution in [0.4, 0.5) is 0 Å². The van der Waals surface area contributed by atoms with E-state index < -0.39 is 0 Å². The van der Waals surface area contributed by atoms with Crippen molar-refractivity contribution in [2.45, 2.75) is 32.9 Å². The van der Waals surface area contributed by atoms with E-state index in [2.05, 4.69) is 39.3 Å². The van der Waals surface area contributed by atoms with Crippen molar-refractivity contribution in [3.05, 3.63) is 47.0 Å². The van der Waals surface area contributed by atoms with Crippen LogP contribution in [0.1, 0.15) is 22.7 Å². The summed E-state index contributed by atoms with van der Waals surface area (Å²) in [6.45, 7) is 7.18. The highest BCUT2D eigenvalue weighted by molar-refractivity contribution is 7.17. The van der Waals surface area contributed by atoms with Gasteiger partial charge < -0.3 is 4.74 Å². The molecule has 0 N–H and O–H groups in total. The van der Waals surface area contributed by atoms with Crippen molar-refractivity contribution in [1.82, 2.24) is 19.3 Å². The number of ether oxygens (including phenoxy) is 1. The topological polar surface area (TPSA) is 42.7 Å². The average Bonchev–Trinajstić information content (AvgIpc) is 3.18. The van der Waals surface area contributed by atoms with Crippen molar-refractivity contribution in [2.24, 2.45) is 0 Å². The molecule has 0 amide bonds. The van der Waals surface area contributed by atoms with E-state index in [-0.39, 0.29) is 6.10 Å². The number of imidazole rings is 1. The van der Waals surface area contributed by atoms with Crippen molar-refractivity contribution in [1.29, 1.82) is 0 Å². The Morgan fingerprint density at radius 2 is 2.13 bits per heavy atom. The highest BCUT2D eigenvalue weighted by Gasteiger charge is 2.25. The van der Waals surface area contributed by atoms with Gasteiger partial charge in [-0.1, -0.05) is 0 Å². The SMILES string of the molecule is Cc1cn2c(CN3CC[C@@H](Oc4ccncc4)C3)c(C)nc2s1. The summed E-state index contributed by atoms with van der Waals surface area (Å²) in [5.74, 6) is 0.906. The first kappa shape index (κ1) is 14.7. The lowest BCUT2D eigenvalue weighted by molar-refractivity contribution is 0.197. The Balaban J connectivity index is 1.44. The highest BCUT2D eigenvalue weighted by Crippen LogP contribution is 2.24. The zero-order valence-electron chi connectivity index (χ0n) is 13.4. The van der Waals surface area contributed by atoms with Crippen molar-refractivity contribution in [3.8, 4) is 5.75 Å². The molecule has 0 aromatic carbocycles. The van der Waals surface area contributed by atoms with Gasteiger partial charge in [-0.25, -0.2) is 4.98 Å². The van der Waals surface area contributed by atoms with E-state index in [0.29, 0.717) is 0 Å². The monoisotopic (exact) mass is 328 g/mol. The number of hydrogen-bond donors (Lipinski definition) is 0. The third-order valence-electron chi connectivity index (χ3n) is 4.30. The Labute approximate surface area is 139 Å². The van der Waals surface area contributed by atoms with Gasteiger partial charge in [0.15, 0.2) is 4.96 Å². The van der Waals surface area contributed by atoms with E-state index >= 15 is 0 Å². The molecule has 0 aliphatic carbocycles. The number of rotatable bonds is 4. The van der Waals surface area contributed by atoms with E-state index in [1.807, 2.05) is 12.1 Å². The van der Waals surface area contributed by atoms with E-state index in [1.54, 1.807) is 23.7 Å². The second kappa shape index (κ2) is 5.94. The standard InChI is InChI=1S/C17H20N4OS/c1-12-9-21-16(13(2)19-17(21)23-12)11-20-8-5-15(10-20)22-14-3-6-18-7-4-14/h3-4,6-7,9,15H,5,8,10-11H2,1-2H3/t15-/m1/s1. The first-order valence-corrected chi connectivity index (χ1v) is 8.74. The minimum atomic E-state index is 0.255. The summed E-state index contributed by atoms with van der Waals surface area (Å²) in [4.78, 5) is 13.6. The number of nitrogens with zero attached hydrogens (tertiary/aromatic N) is 4. The van der Waals surface area contributed by atoms with Crippen molar-refractivity contribution >= 4 is 16.3 Å². The molecule has 0 saturated carbocycles. The molecule has 1 aliphatic rings. The molecule has 5 nitrogen and oxygen atoms in total. The Hall–Kier alpha value is -1.92. The molecule has 0 bridgehead atoms. The van der Waals surface area contributed by atoms with Gasteiger partial charge in [0.25, 0.3) is 0 Å². The molecule has 3 aromatic rings. The molecule has 4 rings (SSSR count). The van der Waals surface area contributed by atoms with Gasteiger partial charge >= 0.3 is 0 Å². The number of likely N-dealkylation sites (tertiary alicyclic amines) is 1. The molecular weight excluding hydrogens is 308 g/mol. The van der Waals surface area contributed by atoms with Gasteiger partial charge in [-0.15, -0.1) is 11.3 Å². The van der Waals surface area contributed by atoms with Crippen LogP contribution in [0.3, 0.4) is 0 Å². The molecule has 1 saturated heterocycles. The fourth-order valence-corrected chi connectivity index (χ4v) is 4.05. The molecule has 23 heavy (non-hydrogen) atoms. The summed E-state index contributed by atoms with van der Waals surface area (Å²) in [5.41, 5.74) is 2.43. The van der Waals surface area contributed by atoms with Gasteiger partial charge in [0.2, 0.25) is 0 Å². The zero-order valence-corrected chi connectivity index (χ0v) is 14.2. The van der Waals surface area contributed by atoms with Crippen LogP contribution in [0, 0.1) is 13.8 Å². The normalized spacial score (nSPS) is 18.8. The second-order valence-electron chi connectivity index (χ2n) is 6.08. The quantitative estimate of drug-likeness (QED) is 0.738. The first-order valence-electron chi connectivity index (χ1n) is 7.92. The number of thiazole rings is 1. The maximum absolute atomic E-state index is 6.04. The lowest BCUT2D eigenvalue weighted by Gasteiger charge is -2.17. The molecule has 3 aromatic heterocycles. The Bertz CT molecular complexity index is 811. The third-order valence-corrected chi connectivity index (χ3v) is 5.19. The molecule has 120 valence electrons. The Morgan fingerprint density at radius 3 is 2.96 bits per heavy atom. The van der Waals surface area contributed by atoms with Crippen molar-refractivity contribution in [2.75, 3.05) is 13.1 Å². The predicted octanol–water partition coefficient (Wildman–Crippen LogP) is 3.06. The summed E-state index contributed by atoms with van der Waals surface area (Å²) >= 11 is 1.75. The van der Waals surface area contributed by atoms with Crippen LogP contribution in [0.2, 0.25) is 0 Å². The first-order chi connectivity index (χ1) is 11.2. The minimum absolute atomic E-state index is 0.255. The zero-order chi connectivity index (χ0) is 15.8. The van der Waals surface area contributed by atoms with Crippen LogP contribution in [0.15, 0.2) is 30.7 Å². The van der Waals surface area contributed by atoms with Crippen LogP contribution >= 0.6 is 11.3 Å². The predicted molar refractivity (Wildman–Crippen MR) is 91.1 cm³/mol. The summed E-state index contributed by atoms with van der Waals surface area (Å²) in [6, 6.07) is 3.84. The van der Waals surface area contributed by atoms with Gasteiger partial charge in [-0.3, -0.25) is 14.3 Å². The molecule has 1 aliphatic heterocycles. The molecule has 0 radical (unpaired) electrons. The molecule has 0 unspecified atom stereocenters. The van der Waals surface area contributed by atoms with Gasteiger partial charge in [-0.2, -0.15) is 0 Å². The fraction of sp³-hybridized carbons (Fsp3) is 0.412. The van der Waals surface area contributed by atoms with Crippen molar-refractivity contribution in [3.63, 3.8) is 0 Å². The smallest absolute Gasteiger partial charge is 0.194 e. The van der Waals surface area contributed by atoms with Crippen LogP contribution in [0.5, 0.6) is 5.75 Å². The molecule has 6 heteroatoms. The third kappa shape index (κ3) is 2.96. The number of pyridine rings is 1. The number of fused-ring (bicyclic) bond motifs is 1. The summed E-state index contributed by atoms with van der Waals surface area (Å²) < 4.78 is 8.29. The van der Waals surface area contributed by atoms with E-state index in [4.69, 9.17) is 4.74 Å². The van der Waals surface area contributed by atoms with E-state index in [9.17, 15) is 0 Å². The number of aromatic nitrogens is 3. The second-order valence-corrected chi connectivity index (χ2v) is 7.30. The lowest BCUT2D eigenvalue weighted by Crippen LogP contribution is -2.25. The molecule has 1 atom stereocenters. The highest BCUT2D eigenvalue weighted by atomic mass is 32.1. The largest absolute Gasteiger partial charge is 0.489 e. The minimum Gasteiger partial charge on any atom is -0.489 e. The van der Waals surface area contributed by atoms with Gasteiger partial charge in [-0.05, 0) is 32.4 Å². The summed E-state index contributed by atoms with van der Waals surface area (Å²) in [6.07, 6.45) is 7.05. The van der Waals surface area contributed by atoms with Crippen LogP contribution in [-0.4, -0.2) is 38.5 Å². The number of aryl methyl sites for hydroxylation is 2. The molecule has 1 fully saturated rings. The lowest BCUT2D eigenvalue weighted by atomic mass is 10.3. The molecular formula is C17H20N4OS. The maximum Gasteiger partial charge on any atom is 0.194 e. The van der Waals surface area contributed by atoms with Crippen LogP contribution in [0.25, 0.3) is 4.96 Å².